The maximum Gasteiger partial charge on any atom is 0.270 e. The minimum Gasteiger partial charge on any atom is -0.202 e. The van der Waals surface area contributed by atoms with Crippen LogP contribution in [0.25, 0.3) is 5.57 Å². The quantitative estimate of drug-likeness (QED) is 0.604. The van der Waals surface area contributed by atoms with Crippen LogP contribution in [0.15, 0.2) is 24.3 Å². The van der Waals surface area contributed by atoms with E-state index in [1.807, 2.05) is 33.8 Å². The van der Waals surface area contributed by atoms with E-state index < -0.39 is 11.3 Å². The summed E-state index contributed by atoms with van der Waals surface area (Å²) in [7, 11) is 0. The van der Waals surface area contributed by atoms with Gasteiger partial charge in [0.2, 0.25) is 0 Å². The Bertz CT molecular complexity index is 590. The first kappa shape index (κ1) is 17.4. The molecule has 0 N–H and O–H groups in total. The van der Waals surface area contributed by atoms with Gasteiger partial charge < -0.3 is 0 Å². The fraction of sp³-hybridized carbons (Fsp3) is 0.474. The molecule has 0 spiro atoms. The number of benzene rings is 1. The van der Waals surface area contributed by atoms with E-state index in [1.165, 1.54) is 0 Å². The van der Waals surface area contributed by atoms with Crippen molar-refractivity contribution in [1.82, 2.24) is 0 Å². The van der Waals surface area contributed by atoms with Crippen LogP contribution in [0.4, 0.5) is 8.78 Å². The minimum atomic E-state index is -2.85. The fourth-order valence-corrected chi connectivity index (χ4v) is 2.28. The fourth-order valence-electron chi connectivity index (χ4n) is 2.28. The van der Waals surface area contributed by atoms with E-state index in [2.05, 4.69) is 17.9 Å². The predicted octanol–water partition coefficient (Wildman–Crippen LogP) is 5.91. The molecule has 2 heteroatoms. The number of hydrogen-bond donors (Lipinski definition) is 0. The molecule has 0 atom stereocenters. The lowest BCUT2D eigenvalue weighted by atomic mass is 9.82. The smallest absolute Gasteiger partial charge is 0.202 e. The lowest BCUT2D eigenvalue weighted by molar-refractivity contribution is 0.0173. The Morgan fingerprint density at radius 3 is 2.19 bits per heavy atom. The van der Waals surface area contributed by atoms with Gasteiger partial charge in [-0.2, -0.15) is 0 Å². The molecule has 0 aliphatic rings. The molecule has 21 heavy (non-hydrogen) atoms. The van der Waals surface area contributed by atoms with Gasteiger partial charge in [-0.1, -0.05) is 18.9 Å². The molecule has 0 fully saturated rings. The number of halogens is 2. The normalized spacial score (nSPS) is 12.9. The average molecular weight is 290 g/mol. The van der Waals surface area contributed by atoms with Crippen LogP contribution in [0, 0.1) is 11.8 Å². The van der Waals surface area contributed by atoms with Crippen LogP contribution in [0.5, 0.6) is 0 Å². The van der Waals surface area contributed by atoms with Gasteiger partial charge >= 0.3 is 0 Å². The van der Waals surface area contributed by atoms with Gasteiger partial charge in [-0.15, -0.1) is 5.92 Å². The van der Waals surface area contributed by atoms with Crippen LogP contribution in [0.1, 0.15) is 64.7 Å². The molecule has 0 heterocycles. The highest BCUT2D eigenvalue weighted by Crippen LogP contribution is 2.34. The minimum absolute atomic E-state index is 0.0461. The van der Waals surface area contributed by atoms with Crippen molar-refractivity contribution < 1.29 is 8.78 Å². The van der Waals surface area contributed by atoms with Gasteiger partial charge in [0.05, 0.1) is 5.41 Å². The summed E-state index contributed by atoms with van der Waals surface area (Å²) in [6.45, 7) is 10.6. The maximum atomic E-state index is 13.8. The summed E-state index contributed by atoms with van der Waals surface area (Å²) in [4.78, 5) is 0. The zero-order valence-corrected chi connectivity index (χ0v) is 13.8. The Labute approximate surface area is 127 Å². The second kappa shape index (κ2) is 6.43. The van der Waals surface area contributed by atoms with Gasteiger partial charge in [0.15, 0.2) is 0 Å². The van der Waals surface area contributed by atoms with Crippen molar-refractivity contribution in [3.05, 3.63) is 41.0 Å². The lowest BCUT2D eigenvalue weighted by Crippen LogP contribution is -2.17. The van der Waals surface area contributed by atoms with Crippen LogP contribution in [0.3, 0.4) is 0 Å². The molecule has 0 aliphatic carbocycles. The third-order valence-corrected chi connectivity index (χ3v) is 3.56. The van der Waals surface area contributed by atoms with Crippen LogP contribution in [0.2, 0.25) is 0 Å². The Balaban J connectivity index is 3.55. The summed E-state index contributed by atoms with van der Waals surface area (Å²) in [5.41, 5.74) is 2.29. The molecule has 0 saturated carbocycles. The van der Waals surface area contributed by atoms with E-state index >= 15 is 0 Å². The molecular weight excluding hydrogens is 266 g/mol. The number of alkyl halides is 2. The van der Waals surface area contributed by atoms with Gasteiger partial charge in [-0.3, -0.25) is 0 Å². The van der Waals surface area contributed by atoms with Crippen LogP contribution in [-0.4, -0.2) is 0 Å². The van der Waals surface area contributed by atoms with Crippen molar-refractivity contribution in [3.63, 3.8) is 0 Å². The molecule has 0 nitrogen and oxygen atoms in total. The second-order valence-electron chi connectivity index (χ2n) is 5.98. The number of allylic oxidation sites excluding steroid dienone is 2. The second-order valence-corrected chi connectivity index (χ2v) is 5.98. The van der Waals surface area contributed by atoms with Crippen LogP contribution in [-0.2, 0) is 11.3 Å². The predicted molar refractivity (Wildman–Crippen MR) is 86.4 cm³/mol. The number of rotatable bonds is 4. The van der Waals surface area contributed by atoms with E-state index in [-0.39, 0.29) is 5.56 Å². The highest BCUT2D eigenvalue weighted by molar-refractivity contribution is 5.66. The van der Waals surface area contributed by atoms with Crippen molar-refractivity contribution in [1.29, 1.82) is 0 Å². The summed E-state index contributed by atoms with van der Waals surface area (Å²) in [6.07, 6.45) is 2.93. The average Bonchev–Trinajstić information content (AvgIpc) is 2.37. The topological polar surface area (TPSA) is 0 Å². The molecule has 0 aromatic heterocycles. The number of hydrogen-bond acceptors (Lipinski definition) is 0. The summed E-state index contributed by atoms with van der Waals surface area (Å²) in [5.74, 6) is 3.13. The van der Waals surface area contributed by atoms with Gasteiger partial charge in [0.1, 0.15) is 0 Å². The Morgan fingerprint density at radius 1 is 1.14 bits per heavy atom. The lowest BCUT2D eigenvalue weighted by Gasteiger charge is -2.22. The van der Waals surface area contributed by atoms with Crippen molar-refractivity contribution in [2.75, 3.05) is 0 Å². The Kier molecular flexibility index (Phi) is 5.34. The largest absolute Gasteiger partial charge is 0.270 e. The highest BCUT2D eigenvalue weighted by atomic mass is 19.3. The molecule has 0 amide bonds. The molecule has 0 aliphatic heterocycles. The first-order chi connectivity index (χ1) is 9.61. The van der Waals surface area contributed by atoms with E-state index in [0.29, 0.717) is 0 Å². The molecule has 114 valence electrons. The summed E-state index contributed by atoms with van der Waals surface area (Å²) in [6, 6.07) is 5.13. The monoisotopic (exact) mass is 290 g/mol. The maximum absolute atomic E-state index is 13.8. The SMILES string of the molecule is CC#CC(C)(C)c1cc(/C(C)=C\CC)cc(C(C)(F)F)c1. The van der Waals surface area contributed by atoms with E-state index in [0.717, 1.165) is 30.0 Å². The first-order valence-electron chi connectivity index (χ1n) is 7.26. The van der Waals surface area contributed by atoms with Crippen molar-refractivity contribution in [2.45, 2.75) is 59.3 Å². The van der Waals surface area contributed by atoms with E-state index in [1.54, 1.807) is 19.1 Å². The molecule has 0 bridgehead atoms. The summed E-state index contributed by atoms with van der Waals surface area (Å²) in [5, 5.41) is 0. The van der Waals surface area contributed by atoms with Crippen molar-refractivity contribution in [2.24, 2.45) is 0 Å². The highest BCUT2D eigenvalue weighted by Gasteiger charge is 2.28. The zero-order valence-electron chi connectivity index (χ0n) is 13.8. The third kappa shape index (κ3) is 4.43. The van der Waals surface area contributed by atoms with Crippen LogP contribution >= 0.6 is 0 Å². The molecule has 0 saturated heterocycles. The van der Waals surface area contributed by atoms with Gasteiger partial charge in [-0.25, -0.2) is 8.78 Å². The molecule has 1 aromatic rings. The summed E-state index contributed by atoms with van der Waals surface area (Å²) >= 11 is 0. The molecular formula is C19H24F2. The molecule has 0 radical (unpaired) electrons. The molecule has 1 aromatic carbocycles. The van der Waals surface area contributed by atoms with E-state index in [4.69, 9.17) is 0 Å². The van der Waals surface area contributed by atoms with Gasteiger partial charge in [0, 0.05) is 12.5 Å². The Hall–Kier alpha value is -1.62. The zero-order chi connectivity index (χ0) is 16.3. The van der Waals surface area contributed by atoms with Crippen molar-refractivity contribution in [3.8, 4) is 11.8 Å². The summed E-state index contributed by atoms with van der Waals surface area (Å²) < 4.78 is 27.6. The van der Waals surface area contributed by atoms with E-state index in [9.17, 15) is 8.78 Å². The molecule has 0 unspecified atom stereocenters. The standard InChI is InChI=1S/C19H24F2/c1-7-9-14(3)15-11-16(18(4,5)10-8-2)13-17(12-15)19(6,20)21/h9,11-13H,7H2,1-6H3/b14-9-. The van der Waals surface area contributed by atoms with Crippen LogP contribution < -0.4 is 0 Å². The van der Waals surface area contributed by atoms with Gasteiger partial charge in [0.25, 0.3) is 5.92 Å². The Morgan fingerprint density at radius 2 is 1.71 bits per heavy atom. The molecule has 1 rings (SSSR count). The third-order valence-electron chi connectivity index (χ3n) is 3.56. The first-order valence-corrected chi connectivity index (χ1v) is 7.26. The van der Waals surface area contributed by atoms with Gasteiger partial charge in [-0.05, 0) is 69.0 Å². The van der Waals surface area contributed by atoms with Crippen molar-refractivity contribution >= 4 is 5.57 Å².